The lowest BCUT2D eigenvalue weighted by molar-refractivity contribution is 0.0684. The number of hydrogen-bond donors (Lipinski definition) is 1. The van der Waals surface area contributed by atoms with Crippen LogP contribution in [0.1, 0.15) is 77.5 Å². The number of ketones is 1. The first kappa shape index (κ1) is 12.4. The minimum atomic E-state index is -1.08. The van der Waals surface area contributed by atoms with E-state index >= 15 is 0 Å². The molecule has 102 valence electrons. The molecule has 0 radical (unpaired) electrons. The van der Waals surface area contributed by atoms with Crippen LogP contribution in [0.4, 0.5) is 0 Å². The lowest BCUT2D eigenvalue weighted by atomic mass is 9.92. The molecule has 0 unspecified atom stereocenters. The molecule has 5 nitrogen and oxygen atoms in total. The highest BCUT2D eigenvalue weighted by Gasteiger charge is 2.32. The van der Waals surface area contributed by atoms with Gasteiger partial charge in [-0.15, -0.1) is 0 Å². The smallest absolute Gasteiger partial charge is 0.357 e. The Balaban J connectivity index is 2.07. The second kappa shape index (κ2) is 4.79. The number of carboxylic acid groups (broad SMARTS) is 1. The number of rotatable bonds is 2. The first-order valence-corrected chi connectivity index (χ1v) is 7.06. The van der Waals surface area contributed by atoms with Crippen molar-refractivity contribution < 1.29 is 14.7 Å². The Morgan fingerprint density at radius 2 is 1.89 bits per heavy atom. The summed E-state index contributed by atoms with van der Waals surface area (Å²) in [5.41, 5.74) is 1.20. The van der Waals surface area contributed by atoms with Crippen LogP contribution < -0.4 is 0 Å². The van der Waals surface area contributed by atoms with Crippen molar-refractivity contribution in [2.24, 2.45) is 0 Å². The summed E-state index contributed by atoms with van der Waals surface area (Å²) in [4.78, 5) is 23.3. The first-order valence-electron chi connectivity index (χ1n) is 7.06. The molecule has 3 rings (SSSR count). The van der Waals surface area contributed by atoms with Crippen LogP contribution in [0.25, 0.3) is 0 Å². The Morgan fingerprint density at radius 3 is 2.58 bits per heavy atom. The fourth-order valence-corrected chi connectivity index (χ4v) is 3.32. The fraction of sp³-hybridized carbons (Fsp3) is 0.643. The van der Waals surface area contributed by atoms with Crippen LogP contribution in [-0.2, 0) is 6.42 Å². The van der Waals surface area contributed by atoms with Gasteiger partial charge in [0.1, 0.15) is 0 Å². The molecule has 1 aromatic heterocycles. The van der Waals surface area contributed by atoms with Gasteiger partial charge in [-0.3, -0.25) is 9.48 Å². The molecule has 0 amide bonds. The molecule has 1 N–H and O–H groups in total. The summed E-state index contributed by atoms with van der Waals surface area (Å²) in [6.07, 6.45) is 7.68. The van der Waals surface area contributed by atoms with E-state index in [9.17, 15) is 14.7 Å². The molecule has 1 saturated carbocycles. The normalized spacial score (nSPS) is 20.3. The summed E-state index contributed by atoms with van der Waals surface area (Å²) in [6.45, 7) is 0. The van der Waals surface area contributed by atoms with E-state index in [2.05, 4.69) is 5.10 Å². The topological polar surface area (TPSA) is 72.2 Å². The second-order valence-electron chi connectivity index (χ2n) is 5.49. The molecule has 5 heteroatoms. The van der Waals surface area contributed by atoms with Gasteiger partial charge >= 0.3 is 5.97 Å². The average Bonchev–Trinajstić information content (AvgIpc) is 2.81. The summed E-state index contributed by atoms with van der Waals surface area (Å²) in [5.74, 6) is -1.14. The van der Waals surface area contributed by atoms with E-state index in [1.807, 2.05) is 4.68 Å². The molecule has 0 aliphatic heterocycles. The van der Waals surface area contributed by atoms with E-state index < -0.39 is 5.97 Å². The van der Waals surface area contributed by atoms with E-state index in [0.717, 1.165) is 44.2 Å². The van der Waals surface area contributed by atoms with Crippen LogP contribution >= 0.6 is 0 Å². The van der Waals surface area contributed by atoms with Crippen molar-refractivity contribution in [2.75, 3.05) is 0 Å². The summed E-state index contributed by atoms with van der Waals surface area (Å²) < 4.78 is 1.86. The van der Waals surface area contributed by atoms with Gasteiger partial charge in [0.05, 0.1) is 17.3 Å². The quantitative estimate of drug-likeness (QED) is 0.889. The number of hydrogen-bond acceptors (Lipinski definition) is 3. The van der Waals surface area contributed by atoms with Gasteiger partial charge in [-0.1, -0.05) is 19.3 Å². The van der Waals surface area contributed by atoms with Gasteiger partial charge in [-0.25, -0.2) is 4.79 Å². The summed E-state index contributed by atoms with van der Waals surface area (Å²) in [6, 6.07) is 0.279. The average molecular weight is 262 g/mol. The minimum Gasteiger partial charge on any atom is -0.476 e. The third-order valence-corrected chi connectivity index (χ3v) is 4.23. The zero-order chi connectivity index (χ0) is 13.4. The van der Waals surface area contributed by atoms with E-state index in [-0.39, 0.29) is 17.5 Å². The van der Waals surface area contributed by atoms with Crippen LogP contribution in [0, 0.1) is 0 Å². The van der Waals surface area contributed by atoms with Crippen molar-refractivity contribution in [3.05, 3.63) is 17.0 Å². The SMILES string of the molecule is O=C(O)c1nn(C2CCCCC2)c2c1C(=O)CCC2. The zero-order valence-corrected chi connectivity index (χ0v) is 10.9. The van der Waals surface area contributed by atoms with Crippen molar-refractivity contribution >= 4 is 11.8 Å². The summed E-state index contributed by atoms with van der Waals surface area (Å²) in [5, 5.41) is 13.5. The van der Waals surface area contributed by atoms with Gasteiger partial charge < -0.3 is 5.11 Å². The Hall–Kier alpha value is -1.65. The van der Waals surface area contributed by atoms with E-state index in [0.29, 0.717) is 12.0 Å². The summed E-state index contributed by atoms with van der Waals surface area (Å²) in [7, 11) is 0. The number of nitrogens with zero attached hydrogens (tertiary/aromatic N) is 2. The van der Waals surface area contributed by atoms with Crippen molar-refractivity contribution in [2.45, 2.75) is 57.4 Å². The molecule has 0 atom stereocenters. The maximum atomic E-state index is 12.0. The molecule has 2 aliphatic carbocycles. The molecule has 0 saturated heterocycles. The molecular weight excluding hydrogens is 244 g/mol. The zero-order valence-electron chi connectivity index (χ0n) is 10.9. The number of carbonyl (C=O) groups is 2. The molecule has 0 bridgehead atoms. The second-order valence-corrected chi connectivity index (χ2v) is 5.49. The standard InChI is InChI=1S/C14H18N2O3/c17-11-8-4-7-10-12(11)13(14(18)19)15-16(10)9-5-2-1-3-6-9/h9H,1-8H2,(H,18,19). The van der Waals surface area contributed by atoms with Crippen LogP contribution in [0.3, 0.4) is 0 Å². The van der Waals surface area contributed by atoms with Crippen molar-refractivity contribution in [3.8, 4) is 0 Å². The predicted octanol–water partition coefficient (Wildman–Crippen LogP) is 2.61. The highest BCUT2D eigenvalue weighted by Crippen LogP contribution is 2.33. The predicted molar refractivity (Wildman–Crippen MR) is 68.6 cm³/mol. The molecule has 1 fully saturated rings. The minimum absolute atomic E-state index is 0.0368. The van der Waals surface area contributed by atoms with Gasteiger partial charge in [0.2, 0.25) is 0 Å². The Bertz CT molecular complexity index is 527. The van der Waals surface area contributed by atoms with E-state index in [1.54, 1.807) is 0 Å². The lowest BCUT2D eigenvalue weighted by Crippen LogP contribution is -2.19. The van der Waals surface area contributed by atoms with E-state index in [4.69, 9.17) is 0 Å². The fourth-order valence-electron chi connectivity index (χ4n) is 3.32. The lowest BCUT2D eigenvalue weighted by Gasteiger charge is -2.25. The van der Waals surface area contributed by atoms with E-state index in [1.165, 1.54) is 6.42 Å². The number of aromatic carboxylic acids is 1. The van der Waals surface area contributed by atoms with Crippen LogP contribution in [-0.4, -0.2) is 26.6 Å². The third kappa shape index (κ3) is 2.07. The first-order chi connectivity index (χ1) is 9.18. The Kier molecular flexibility index (Phi) is 3.12. The number of aromatic nitrogens is 2. The van der Waals surface area contributed by atoms with Crippen molar-refractivity contribution in [1.82, 2.24) is 9.78 Å². The van der Waals surface area contributed by atoms with Gasteiger partial charge in [0.25, 0.3) is 0 Å². The maximum Gasteiger partial charge on any atom is 0.357 e. The van der Waals surface area contributed by atoms with Crippen LogP contribution in [0.2, 0.25) is 0 Å². The highest BCUT2D eigenvalue weighted by molar-refractivity contribution is 6.06. The summed E-state index contributed by atoms with van der Waals surface area (Å²) >= 11 is 0. The van der Waals surface area contributed by atoms with Gasteiger partial charge in [-0.05, 0) is 25.7 Å². The van der Waals surface area contributed by atoms with Gasteiger partial charge in [0, 0.05) is 6.42 Å². The number of carbonyl (C=O) groups excluding carboxylic acids is 1. The molecule has 1 aromatic rings. The van der Waals surface area contributed by atoms with Crippen LogP contribution in [0.5, 0.6) is 0 Å². The third-order valence-electron chi connectivity index (χ3n) is 4.23. The van der Waals surface area contributed by atoms with Crippen LogP contribution in [0.15, 0.2) is 0 Å². The van der Waals surface area contributed by atoms with Crippen molar-refractivity contribution in [3.63, 3.8) is 0 Å². The van der Waals surface area contributed by atoms with Crippen molar-refractivity contribution in [1.29, 1.82) is 0 Å². The largest absolute Gasteiger partial charge is 0.476 e. The molecule has 2 aliphatic rings. The Labute approximate surface area is 111 Å². The number of fused-ring (bicyclic) bond motifs is 1. The molecule has 0 aromatic carbocycles. The molecule has 1 heterocycles. The maximum absolute atomic E-state index is 12.0. The highest BCUT2D eigenvalue weighted by atomic mass is 16.4. The Morgan fingerprint density at radius 1 is 1.16 bits per heavy atom. The number of Topliss-reactive ketones (excluding diaryl/α,β-unsaturated/α-hetero) is 1. The molecular formula is C14H18N2O3. The number of carboxylic acids is 1. The molecule has 0 spiro atoms. The van der Waals surface area contributed by atoms with Gasteiger partial charge in [-0.2, -0.15) is 5.10 Å². The monoisotopic (exact) mass is 262 g/mol. The molecule has 19 heavy (non-hydrogen) atoms. The van der Waals surface area contributed by atoms with Gasteiger partial charge in [0.15, 0.2) is 11.5 Å².